The molecule has 0 saturated heterocycles. The molecule has 148 valence electrons. The van der Waals surface area contributed by atoms with Gasteiger partial charge in [0, 0.05) is 16.0 Å². The molecular formula is C26H20ClNO2. The van der Waals surface area contributed by atoms with E-state index >= 15 is 0 Å². The summed E-state index contributed by atoms with van der Waals surface area (Å²) in [5.74, 6) is 0.776. The molecule has 4 aromatic rings. The average Bonchev–Trinajstić information content (AvgIpc) is 2.78. The lowest BCUT2D eigenvalue weighted by Crippen LogP contribution is -1.98. The third-order valence-corrected chi connectivity index (χ3v) is 5.02. The quantitative estimate of drug-likeness (QED) is 0.323. The van der Waals surface area contributed by atoms with Crippen LogP contribution in [-0.2, 0) is 13.0 Å². The van der Waals surface area contributed by atoms with Gasteiger partial charge in [0.05, 0.1) is 11.2 Å². The molecule has 0 atom stereocenters. The van der Waals surface area contributed by atoms with E-state index < -0.39 is 0 Å². The van der Waals surface area contributed by atoms with Gasteiger partial charge >= 0.3 is 0 Å². The number of nitrogens with zero attached hydrogens (tertiary/aromatic N) is 1. The van der Waals surface area contributed by atoms with Crippen molar-refractivity contribution in [3.8, 4) is 5.75 Å². The van der Waals surface area contributed by atoms with Gasteiger partial charge in [0.25, 0.3) is 0 Å². The molecular weight excluding hydrogens is 394 g/mol. The van der Waals surface area contributed by atoms with Crippen LogP contribution >= 0.6 is 11.6 Å². The zero-order valence-corrected chi connectivity index (χ0v) is 17.0. The maximum Gasteiger partial charge on any atom is 0.150 e. The van der Waals surface area contributed by atoms with Crippen molar-refractivity contribution < 1.29 is 9.53 Å². The van der Waals surface area contributed by atoms with E-state index in [2.05, 4.69) is 11.1 Å². The molecule has 4 heteroatoms. The van der Waals surface area contributed by atoms with E-state index in [4.69, 9.17) is 16.3 Å². The number of rotatable bonds is 7. The number of hydrogen-bond acceptors (Lipinski definition) is 3. The summed E-state index contributed by atoms with van der Waals surface area (Å²) in [6.45, 7) is 0.377. The number of fused-ring (bicyclic) bond motifs is 1. The van der Waals surface area contributed by atoms with Crippen LogP contribution in [0.3, 0.4) is 0 Å². The Morgan fingerprint density at radius 1 is 0.933 bits per heavy atom. The van der Waals surface area contributed by atoms with Crippen LogP contribution in [0.25, 0.3) is 17.0 Å². The summed E-state index contributed by atoms with van der Waals surface area (Å²) in [6.07, 6.45) is 5.68. The molecule has 0 aliphatic carbocycles. The minimum Gasteiger partial charge on any atom is -0.487 e. The lowest BCUT2D eigenvalue weighted by Gasteiger charge is -2.08. The molecule has 1 aromatic heterocycles. The fourth-order valence-corrected chi connectivity index (χ4v) is 3.40. The maximum absolute atomic E-state index is 11.1. The summed E-state index contributed by atoms with van der Waals surface area (Å²) in [6, 6.07) is 25.2. The van der Waals surface area contributed by atoms with Crippen LogP contribution in [0.5, 0.6) is 5.75 Å². The van der Waals surface area contributed by atoms with Crippen LogP contribution in [0.1, 0.15) is 27.2 Å². The molecule has 0 aliphatic rings. The van der Waals surface area contributed by atoms with Crippen molar-refractivity contribution in [3.63, 3.8) is 0 Å². The van der Waals surface area contributed by atoms with Crippen LogP contribution in [0.4, 0.5) is 0 Å². The van der Waals surface area contributed by atoms with E-state index in [-0.39, 0.29) is 0 Å². The summed E-state index contributed by atoms with van der Waals surface area (Å²) >= 11 is 6.06. The Balaban J connectivity index is 1.41. The highest BCUT2D eigenvalue weighted by molar-refractivity contribution is 6.31. The van der Waals surface area contributed by atoms with Gasteiger partial charge in [0.1, 0.15) is 18.6 Å². The number of hydrogen-bond donors (Lipinski definition) is 0. The fourth-order valence-electron chi connectivity index (χ4n) is 3.24. The second-order valence-electron chi connectivity index (χ2n) is 6.92. The molecule has 3 aromatic carbocycles. The number of ether oxygens (including phenoxy) is 1. The third-order valence-electron chi connectivity index (χ3n) is 4.79. The van der Waals surface area contributed by atoms with Gasteiger partial charge < -0.3 is 4.74 Å². The Morgan fingerprint density at radius 3 is 2.70 bits per heavy atom. The second kappa shape index (κ2) is 9.38. The van der Waals surface area contributed by atoms with Crippen molar-refractivity contribution in [3.05, 3.63) is 112 Å². The van der Waals surface area contributed by atoms with Crippen molar-refractivity contribution in [2.45, 2.75) is 13.0 Å². The number of carbonyl (C=O) groups excluding carboxylic acids is 1. The van der Waals surface area contributed by atoms with Crippen LogP contribution in [0, 0.1) is 0 Å². The Morgan fingerprint density at radius 2 is 1.80 bits per heavy atom. The first-order chi connectivity index (χ1) is 14.7. The number of aromatic nitrogens is 1. The molecule has 0 spiro atoms. The number of pyridine rings is 1. The number of aldehydes is 1. The van der Waals surface area contributed by atoms with Crippen LogP contribution in [-0.4, -0.2) is 11.3 Å². The molecule has 0 saturated carbocycles. The van der Waals surface area contributed by atoms with E-state index in [1.165, 1.54) is 0 Å². The van der Waals surface area contributed by atoms with Crippen molar-refractivity contribution >= 4 is 34.9 Å². The van der Waals surface area contributed by atoms with Crippen LogP contribution in [0.2, 0.25) is 5.02 Å². The van der Waals surface area contributed by atoms with Crippen LogP contribution in [0.15, 0.2) is 84.9 Å². The van der Waals surface area contributed by atoms with Crippen molar-refractivity contribution in [1.82, 2.24) is 4.98 Å². The lowest BCUT2D eigenvalue weighted by atomic mass is 10.0. The minimum absolute atomic E-state index is 0.377. The van der Waals surface area contributed by atoms with E-state index in [1.54, 1.807) is 0 Å². The monoisotopic (exact) mass is 413 g/mol. The van der Waals surface area contributed by atoms with Gasteiger partial charge in [-0.3, -0.25) is 4.79 Å². The zero-order chi connectivity index (χ0) is 20.8. The summed E-state index contributed by atoms with van der Waals surface area (Å²) in [5, 5.41) is 1.72. The lowest BCUT2D eigenvalue weighted by molar-refractivity contribution is 0.112. The minimum atomic E-state index is 0.377. The van der Waals surface area contributed by atoms with E-state index in [0.717, 1.165) is 45.3 Å². The van der Waals surface area contributed by atoms with Gasteiger partial charge in [-0.1, -0.05) is 72.3 Å². The number of carbonyl (C=O) groups is 1. The highest BCUT2D eigenvalue weighted by atomic mass is 35.5. The molecule has 0 unspecified atom stereocenters. The molecule has 0 bridgehead atoms. The molecule has 4 rings (SSSR count). The highest BCUT2D eigenvalue weighted by Gasteiger charge is 2.02. The van der Waals surface area contributed by atoms with Gasteiger partial charge in [-0.25, -0.2) is 4.98 Å². The van der Waals surface area contributed by atoms with Crippen molar-refractivity contribution in [1.29, 1.82) is 0 Å². The van der Waals surface area contributed by atoms with E-state index in [1.807, 2.05) is 84.9 Å². The van der Waals surface area contributed by atoms with E-state index in [9.17, 15) is 4.79 Å². The van der Waals surface area contributed by atoms with Gasteiger partial charge in [-0.2, -0.15) is 0 Å². The number of allylic oxidation sites excluding steroid dienone is 1. The Labute approximate surface area is 180 Å². The standard InChI is InChI=1S/C26H20ClNO2/c27-23-13-11-21-12-14-24(28-26(21)16-23)18-30-25-10-4-6-19(15-25)5-3-9-20-7-1-2-8-22(20)17-29/h1-8,10-17H,9,18H2. The Bertz CT molecular complexity index is 1220. The predicted octanol–water partition coefficient (Wildman–Crippen LogP) is 6.54. The Kier molecular flexibility index (Phi) is 6.21. The normalized spacial score (nSPS) is 11.1. The predicted molar refractivity (Wildman–Crippen MR) is 122 cm³/mol. The largest absolute Gasteiger partial charge is 0.487 e. The smallest absolute Gasteiger partial charge is 0.150 e. The van der Waals surface area contributed by atoms with Gasteiger partial charge in [0.15, 0.2) is 0 Å². The molecule has 3 nitrogen and oxygen atoms in total. The van der Waals surface area contributed by atoms with Gasteiger partial charge in [0.2, 0.25) is 0 Å². The molecule has 0 aliphatic heterocycles. The highest BCUT2D eigenvalue weighted by Crippen LogP contribution is 2.20. The first kappa shape index (κ1) is 19.9. The average molecular weight is 414 g/mol. The third kappa shape index (κ3) is 4.94. The number of benzene rings is 3. The van der Waals surface area contributed by atoms with Crippen LogP contribution < -0.4 is 4.74 Å². The van der Waals surface area contributed by atoms with Gasteiger partial charge in [-0.05, 0) is 47.9 Å². The second-order valence-corrected chi connectivity index (χ2v) is 7.36. The first-order valence-electron chi connectivity index (χ1n) is 9.69. The molecule has 0 radical (unpaired) electrons. The topological polar surface area (TPSA) is 39.2 Å². The fraction of sp³-hybridized carbons (Fsp3) is 0.0769. The first-order valence-corrected chi connectivity index (χ1v) is 10.1. The van der Waals surface area contributed by atoms with Gasteiger partial charge in [-0.15, -0.1) is 0 Å². The molecule has 0 fully saturated rings. The van der Waals surface area contributed by atoms with Crippen molar-refractivity contribution in [2.24, 2.45) is 0 Å². The molecule has 0 amide bonds. The molecule has 0 N–H and O–H groups in total. The number of halogens is 1. The summed E-state index contributed by atoms with van der Waals surface area (Å²) in [5.41, 5.74) is 4.48. The zero-order valence-electron chi connectivity index (χ0n) is 16.3. The van der Waals surface area contributed by atoms with Crippen molar-refractivity contribution in [2.75, 3.05) is 0 Å². The maximum atomic E-state index is 11.1. The summed E-state index contributed by atoms with van der Waals surface area (Å²) < 4.78 is 5.94. The SMILES string of the molecule is O=Cc1ccccc1CC=Cc1cccc(OCc2ccc3ccc(Cl)cc3n2)c1. The molecule has 30 heavy (non-hydrogen) atoms. The molecule has 1 heterocycles. The Hall–Kier alpha value is -3.43. The van der Waals surface area contributed by atoms with E-state index in [0.29, 0.717) is 18.1 Å². The summed E-state index contributed by atoms with van der Waals surface area (Å²) in [7, 11) is 0. The summed E-state index contributed by atoms with van der Waals surface area (Å²) in [4.78, 5) is 15.8.